The minimum Gasteiger partial charge on any atom is -0.293 e. The monoisotopic (exact) mass is 361 g/mol. The average Bonchev–Trinajstić information content (AvgIpc) is 3.14. The zero-order valence-corrected chi connectivity index (χ0v) is 15.3. The number of hydrogen-bond acceptors (Lipinski definition) is 5. The third-order valence-corrected chi connectivity index (χ3v) is 5.06. The highest BCUT2D eigenvalue weighted by Crippen LogP contribution is 2.38. The third-order valence-electron chi connectivity index (χ3n) is 5.06. The second kappa shape index (κ2) is 6.16. The van der Waals surface area contributed by atoms with E-state index in [0.717, 1.165) is 16.8 Å². The molecule has 0 saturated carbocycles. The standard InChI is InChI=1S/C21H19N3O3/c1-12-8-10-15(11-9-12)23-20(26)17-18(14(3)25)22-24(19(17)21(23)27)16-7-5-4-6-13(16)2/h4-11,17,19H,1-3H3/t17-,19-/m1/s1. The Hall–Kier alpha value is -3.28. The Morgan fingerprint density at radius 3 is 2.26 bits per heavy atom. The molecular weight excluding hydrogens is 342 g/mol. The molecule has 2 atom stereocenters. The SMILES string of the molecule is CC(=O)C1=NN(c2ccccc2C)[C@H]2C(=O)N(c3ccc(C)cc3)C(=O)[C@H]12. The number of imide groups is 1. The number of aryl methyl sites for hydroxylation is 2. The number of carbonyl (C=O) groups excluding carboxylic acids is 3. The highest BCUT2D eigenvalue weighted by molar-refractivity contribution is 6.48. The molecule has 0 bridgehead atoms. The predicted molar refractivity (Wildman–Crippen MR) is 103 cm³/mol. The summed E-state index contributed by atoms with van der Waals surface area (Å²) in [6.07, 6.45) is 0. The molecule has 1 fully saturated rings. The van der Waals surface area contributed by atoms with Gasteiger partial charge >= 0.3 is 0 Å². The van der Waals surface area contributed by atoms with Gasteiger partial charge in [0.2, 0.25) is 5.91 Å². The van der Waals surface area contributed by atoms with E-state index in [1.54, 1.807) is 12.1 Å². The van der Waals surface area contributed by atoms with Crippen LogP contribution in [0.1, 0.15) is 18.1 Å². The molecule has 1 saturated heterocycles. The number of hydrazone groups is 1. The number of ketones is 1. The Morgan fingerprint density at radius 1 is 0.963 bits per heavy atom. The molecule has 2 aliphatic heterocycles. The quantitative estimate of drug-likeness (QED) is 0.788. The van der Waals surface area contributed by atoms with Crippen LogP contribution in [-0.4, -0.2) is 29.4 Å². The first-order chi connectivity index (χ1) is 12.9. The molecule has 27 heavy (non-hydrogen) atoms. The van der Waals surface area contributed by atoms with Gasteiger partial charge < -0.3 is 0 Å². The van der Waals surface area contributed by atoms with Gasteiger partial charge in [0.1, 0.15) is 17.7 Å². The second-order valence-electron chi connectivity index (χ2n) is 6.94. The van der Waals surface area contributed by atoms with Gasteiger partial charge in [-0.1, -0.05) is 35.9 Å². The minimum absolute atomic E-state index is 0.135. The van der Waals surface area contributed by atoms with Crippen molar-refractivity contribution in [3.05, 3.63) is 59.7 Å². The summed E-state index contributed by atoms with van der Waals surface area (Å²) in [5.74, 6) is -1.94. The molecular formula is C21H19N3O3. The number of fused-ring (bicyclic) bond motifs is 1. The van der Waals surface area contributed by atoms with Crippen LogP contribution in [0.5, 0.6) is 0 Å². The van der Waals surface area contributed by atoms with Crippen molar-refractivity contribution >= 4 is 34.7 Å². The molecule has 0 unspecified atom stereocenters. The number of Topliss-reactive ketones (excluding diaryl/α,β-unsaturated/α-hetero) is 1. The van der Waals surface area contributed by atoms with Gasteiger partial charge in [-0.25, -0.2) is 4.90 Å². The molecule has 2 aliphatic rings. The van der Waals surface area contributed by atoms with Crippen molar-refractivity contribution in [3.63, 3.8) is 0 Å². The first kappa shape index (κ1) is 17.1. The molecule has 4 rings (SSSR count). The van der Waals surface area contributed by atoms with Crippen molar-refractivity contribution in [2.24, 2.45) is 11.0 Å². The highest BCUT2D eigenvalue weighted by Gasteiger charge is 2.58. The molecule has 2 heterocycles. The summed E-state index contributed by atoms with van der Waals surface area (Å²) in [7, 11) is 0. The van der Waals surface area contributed by atoms with Crippen molar-refractivity contribution < 1.29 is 14.4 Å². The van der Waals surface area contributed by atoms with Crippen LogP contribution in [0.3, 0.4) is 0 Å². The molecule has 6 heteroatoms. The summed E-state index contributed by atoms with van der Waals surface area (Å²) < 4.78 is 0. The van der Waals surface area contributed by atoms with Crippen molar-refractivity contribution in [1.29, 1.82) is 0 Å². The van der Waals surface area contributed by atoms with Crippen molar-refractivity contribution in [1.82, 2.24) is 0 Å². The molecule has 0 aliphatic carbocycles. The van der Waals surface area contributed by atoms with E-state index in [2.05, 4.69) is 5.10 Å². The van der Waals surface area contributed by atoms with Crippen molar-refractivity contribution in [2.75, 3.05) is 9.91 Å². The average molecular weight is 361 g/mol. The Morgan fingerprint density at radius 2 is 1.63 bits per heavy atom. The Bertz CT molecular complexity index is 994. The first-order valence-electron chi connectivity index (χ1n) is 8.79. The number of amides is 2. The van der Waals surface area contributed by atoms with Gasteiger partial charge in [0.25, 0.3) is 5.91 Å². The fraction of sp³-hybridized carbons (Fsp3) is 0.238. The van der Waals surface area contributed by atoms with Gasteiger partial charge in [0.05, 0.1) is 11.4 Å². The van der Waals surface area contributed by atoms with E-state index in [0.29, 0.717) is 5.69 Å². The summed E-state index contributed by atoms with van der Waals surface area (Å²) in [6.45, 7) is 5.22. The van der Waals surface area contributed by atoms with Crippen LogP contribution in [0.15, 0.2) is 53.6 Å². The van der Waals surface area contributed by atoms with Crippen LogP contribution in [-0.2, 0) is 14.4 Å². The van der Waals surface area contributed by atoms with Crippen molar-refractivity contribution in [3.8, 4) is 0 Å². The molecule has 2 aromatic rings. The van der Waals surface area contributed by atoms with Crippen LogP contribution in [0.4, 0.5) is 11.4 Å². The fourth-order valence-electron chi connectivity index (χ4n) is 3.67. The number of rotatable bonds is 3. The summed E-state index contributed by atoms with van der Waals surface area (Å²) >= 11 is 0. The number of carbonyl (C=O) groups is 3. The molecule has 0 spiro atoms. The molecule has 136 valence electrons. The highest BCUT2D eigenvalue weighted by atomic mass is 16.2. The number of benzene rings is 2. The molecule has 0 aromatic heterocycles. The minimum atomic E-state index is -0.879. The maximum atomic E-state index is 13.2. The van der Waals surface area contributed by atoms with Gasteiger partial charge in [-0.2, -0.15) is 5.10 Å². The molecule has 2 aromatic carbocycles. The number of hydrogen-bond donors (Lipinski definition) is 0. The van der Waals surface area contributed by atoms with Gasteiger partial charge in [-0.05, 0) is 37.6 Å². The molecule has 0 radical (unpaired) electrons. The molecule has 2 amide bonds. The topological polar surface area (TPSA) is 70.1 Å². The van der Waals surface area contributed by atoms with Gasteiger partial charge in [0, 0.05) is 6.92 Å². The second-order valence-corrected chi connectivity index (χ2v) is 6.94. The van der Waals surface area contributed by atoms with E-state index in [9.17, 15) is 14.4 Å². The van der Waals surface area contributed by atoms with Crippen LogP contribution >= 0.6 is 0 Å². The van der Waals surface area contributed by atoms with Crippen LogP contribution in [0, 0.1) is 19.8 Å². The Labute approximate surface area is 157 Å². The maximum absolute atomic E-state index is 13.2. The molecule has 0 N–H and O–H groups in total. The first-order valence-corrected chi connectivity index (χ1v) is 8.79. The number of nitrogens with zero attached hydrogens (tertiary/aromatic N) is 3. The van der Waals surface area contributed by atoms with E-state index in [-0.39, 0.29) is 17.4 Å². The van der Waals surface area contributed by atoms with Crippen LogP contribution in [0.25, 0.3) is 0 Å². The van der Waals surface area contributed by atoms with Gasteiger partial charge in [-0.15, -0.1) is 0 Å². The lowest BCUT2D eigenvalue weighted by Crippen LogP contribution is -2.39. The molecule has 6 nitrogen and oxygen atoms in total. The zero-order valence-electron chi connectivity index (χ0n) is 15.3. The van der Waals surface area contributed by atoms with E-state index < -0.39 is 17.9 Å². The van der Waals surface area contributed by atoms with Crippen LogP contribution < -0.4 is 9.91 Å². The lowest BCUT2D eigenvalue weighted by molar-refractivity contribution is -0.122. The predicted octanol–water partition coefficient (Wildman–Crippen LogP) is 2.63. The van der Waals surface area contributed by atoms with Gasteiger partial charge in [-0.3, -0.25) is 19.4 Å². The van der Waals surface area contributed by atoms with E-state index >= 15 is 0 Å². The Balaban J connectivity index is 1.82. The third kappa shape index (κ3) is 2.56. The van der Waals surface area contributed by atoms with Crippen LogP contribution in [0.2, 0.25) is 0 Å². The summed E-state index contributed by atoms with van der Waals surface area (Å²) in [4.78, 5) is 39.7. The smallest absolute Gasteiger partial charge is 0.259 e. The van der Waals surface area contributed by atoms with E-state index in [1.165, 1.54) is 16.8 Å². The summed E-state index contributed by atoms with van der Waals surface area (Å²) in [5, 5.41) is 5.91. The van der Waals surface area contributed by atoms with Crippen molar-refractivity contribution in [2.45, 2.75) is 26.8 Å². The van der Waals surface area contributed by atoms with E-state index in [4.69, 9.17) is 0 Å². The largest absolute Gasteiger partial charge is 0.293 e. The van der Waals surface area contributed by atoms with Gasteiger partial charge in [0.15, 0.2) is 5.78 Å². The fourth-order valence-corrected chi connectivity index (χ4v) is 3.67. The maximum Gasteiger partial charge on any atom is 0.259 e. The summed E-state index contributed by atoms with van der Waals surface area (Å²) in [5.41, 5.74) is 3.31. The summed E-state index contributed by atoms with van der Waals surface area (Å²) in [6, 6.07) is 13.8. The zero-order chi connectivity index (χ0) is 19.3. The Kier molecular flexibility index (Phi) is 3.91. The van der Waals surface area contributed by atoms with E-state index in [1.807, 2.05) is 50.2 Å². The lowest BCUT2D eigenvalue weighted by atomic mass is 9.95. The number of anilines is 2. The normalized spacial score (nSPS) is 21.5. The lowest BCUT2D eigenvalue weighted by Gasteiger charge is -2.23. The number of para-hydroxylation sites is 1.